The molecule has 2 aromatic rings. The SMILES string of the molecule is Cn1cc(COc2ccc3c(c2)[C@H](O)CCC3)cn1. The number of nitrogens with zero attached hydrogens (tertiary/aromatic N) is 2. The predicted octanol–water partition coefficient (Wildman–Crippen LogP) is 2.37. The van der Waals surface area contributed by atoms with Crippen molar-refractivity contribution in [1.29, 1.82) is 0 Å². The molecule has 1 aliphatic rings. The van der Waals surface area contributed by atoms with Crippen molar-refractivity contribution in [3.63, 3.8) is 0 Å². The molecular formula is C15H18N2O2. The van der Waals surface area contributed by atoms with Crippen LogP contribution in [0.5, 0.6) is 5.75 Å². The van der Waals surface area contributed by atoms with Crippen LogP contribution in [0, 0.1) is 0 Å². The molecule has 3 rings (SSSR count). The van der Waals surface area contributed by atoms with E-state index in [4.69, 9.17) is 4.74 Å². The monoisotopic (exact) mass is 258 g/mol. The summed E-state index contributed by atoms with van der Waals surface area (Å²) in [4.78, 5) is 0. The van der Waals surface area contributed by atoms with E-state index in [9.17, 15) is 5.11 Å². The molecule has 0 saturated heterocycles. The van der Waals surface area contributed by atoms with Gasteiger partial charge in [0.15, 0.2) is 0 Å². The van der Waals surface area contributed by atoms with E-state index in [1.807, 2.05) is 25.4 Å². The molecule has 0 aliphatic heterocycles. The number of fused-ring (bicyclic) bond motifs is 1. The molecule has 0 fully saturated rings. The molecule has 0 amide bonds. The van der Waals surface area contributed by atoms with Crippen molar-refractivity contribution in [2.45, 2.75) is 32.0 Å². The minimum absolute atomic E-state index is 0.342. The minimum Gasteiger partial charge on any atom is -0.489 e. The van der Waals surface area contributed by atoms with Gasteiger partial charge in [-0.15, -0.1) is 0 Å². The normalized spacial score (nSPS) is 18.1. The molecule has 1 aromatic heterocycles. The Morgan fingerprint density at radius 2 is 2.37 bits per heavy atom. The van der Waals surface area contributed by atoms with E-state index < -0.39 is 0 Å². The summed E-state index contributed by atoms with van der Waals surface area (Å²) in [6, 6.07) is 6.01. The second-order valence-corrected chi connectivity index (χ2v) is 5.08. The Balaban J connectivity index is 1.73. The first-order chi connectivity index (χ1) is 9.22. The summed E-state index contributed by atoms with van der Waals surface area (Å²) in [6.45, 7) is 0.503. The molecule has 1 atom stereocenters. The number of hydrogen-bond acceptors (Lipinski definition) is 3. The van der Waals surface area contributed by atoms with E-state index in [1.54, 1.807) is 10.9 Å². The molecule has 0 saturated carbocycles. The molecule has 100 valence electrons. The van der Waals surface area contributed by atoms with Crippen molar-refractivity contribution in [1.82, 2.24) is 9.78 Å². The Labute approximate surface area is 112 Å². The number of ether oxygens (including phenoxy) is 1. The molecule has 1 N–H and O–H groups in total. The van der Waals surface area contributed by atoms with Gasteiger partial charge in [-0.1, -0.05) is 6.07 Å². The zero-order valence-corrected chi connectivity index (χ0v) is 11.0. The van der Waals surface area contributed by atoms with Gasteiger partial charge in [0.05, 0.1) is 12.3 Å². The first kappa shape index (κ1) is 12.2. The summed E-state index contributed by atoms with van der Waals surface area (Å²) in [5.41, 5.74) is 3.31. The third kappa shape index (κ3) is 2.63. The zero-order chi connectivity index (χ0) is 13.2. The lowest BCUT2D eigenvalue weighted by Gasteiger charge is -2.21. The summed E-state index contributed by atoms with van der Waals surface area (Å²) in [5, 5.41) is 14.1. The third-order valence-corrected chi connectivity index (χ3v) is 3.56. The summed E-state index contributed by atoms with van der Waals surface area (Å²) in [5.74, 6) is 0.809. The highest BCUT2D eigenvalue weighted by Crippen LogP contribution is 2.32. The lowest BCUT2D eigenvalue weighted by molar-refractivity contribution is 0.156. The molecule has 19 heavy (non-hydrogen) atoms. The van der Waals surface area contributed by atoms with E-state index in [0.29, 0.717) is 6.61 Å². The molecule has 0 radical (unpaired) electrons. The Morgan fingerprint density at radius 1 is 1.47 bits per heavy atom. The number of aliphatic hydroxyl groups excluding tert-OH is 1. The van der Waals surface area contributed by atoms with E-state index in [-0.39, 0.29) is 6.10 Å². The average Bonchev–Trinajstić information content (AvgIpc) is 2.83. The highest BCUT2D eigenvalue weighted by molar-refractivity contribution is 5.38. The average molecular weight is 258 g/mol. The molecule has 4 nitrogen and oxygen atoms in total. The van der Waals surface area contributed by atoms with Gasteiger partial charge in [-0.3, -0.25) is 4.68 Å². The van der Waals surface area contributed by atoms with E-state index in [0.717, 1.165) is 36.1 Å². The number of aryl methyl sites for hydroxylation is 2. The number of aliphatic hydroxyl groups is 1. The third-order valence-electron chi connectivity index (χ3n) is 3.56. The van der Waals surface area contributed by atoms with E-state index in [1.165, 1.54) is 5.56 Å². The van der Waals surface area contributed by atoms with Gasteiger partial charge in [-0.2, -0.15) is 5.10 Å². The Hall–Kier alpha value is -1.81. The Kier molecular flexibility index (Phi) is 3.25. The number of hydrogen-bond donors (Lipinski definition) is 1. The Morgan fingerprint density at radius 3 is 3.16 bits per heavy atom. The van der Waals surface area contributed by atoms with Crippen LogP contribution in [0.4, 0.5) is 0 Å². The van der Waals surface area contributed by atoms with Gasteiger partial charge in [-0.25, -0.2) is 0 Å². The number of rotatable bonds is 3. The molecule has 1 heterocycles. The lowest BCUT2D eigenvalue weighted by atomic mass is 9.89. The van der Waals surface area contributed by atoms with Crippen LogP contribution in [0.2, 0.25) is 0 Å². The van der Waals surface area contributed by atoms with Crippen LogP contribution >= 0.6 is 0 Å². The van der Waals surface area contributed by atoms with Gasteiger partial charge in [0.2, 0.25) is 0 Å². The maximum atomic E-state index is 10.0. The smallest absolute Gasteiger partial charge is 0.120 e. The fourth-order valence-electron chi connectivity index (χ4n) is 2.56. The van der Waals surface area contributed by atoms with Crippen LogP contribution in [0.3, 0.4) is 0 Å². The summed E-state index contributed by atoms with van der Waals surface area (Å²) < 4.78 is 7.51. The highest BCUT2D eigenvalue weighted by Gasteiger charge is 2.18. The second-order valence-electron chi connectivity index (χ2n) is 5.08. The largest absolute Gasteiger partial charge is 0.489 e. The fourth-order valence-corrected chi connectivity index (χ4v) is 2.56. The van der Waals surface area contributed by atoms with Crippen molar-refractivity contribution < 1.29 is 9.84 Å². The van der Waals surface area contributed by atoms with Crippen molar-refractivity contribution in [3.8, 4) is 5.75 Å². The molecule has 4 heteroatoms. The molecule has 0 spiro atoms. The van der Waals surface area contributed by atoms with E-state index >= 15 is 0 Å². The van der Waals surface area contributed by atoms with Gasteiger partial charge in [-0.05, 0) is 42.5 Å². The van der Waals surface area contributed by atoms with Crippen LogP contribution in [0.25, 0.3) is 0 Å². The molecule has 0 bridgehead atoms. The van der Waals surface area contributed by atoms with Crippen LogP contribution in [0.15, 0.2) is 30.6 Å². The Bertz CT molecular complexity index is 577. The van der Waals surface area contributed by atoms with Gasteiger partial charge < -0.3 is 9.84 Å². The number of benzene rings is 1. The lowest BCUT2D eigenvalue weighted by Crippen LogP contribution is -2.09. The van der Waals surface area contributed by atoms with Crippen LogP contribution in [-0.2, 0) is 20.1 Å². The molecular weight excluding hydrogens is 240 g/mol. The maximum Gasteiger partial charge on any atom is 0.120 e. The van der Waals surface area contributed by atoms with Crippen molar-refractivity contribution in [3.05, 3.63) is 47.3 Å². The van der Waals surface area contributed by atoms with Gasteiger partial charge in [0, 0.05) is 18.8 Å². The first-order valence-electron chi connectivity index (χ1n) is 6.63. The van der Waals surface area contributed by atoms with Gasteiger partial charge in [0.1, 0.15) is 12.4 Å². The summed E-state index contributed by atoms with van der Waals surface area (Å²) in [7, 11) is 1.89. The van der Waals surface area contributed by atoms with Crippen LogP contribution < -0.4 is 4.74 Å². The quantitative estimate of drug-likeness (QED) is 0.919. The zero-order valence-electron chi connectivity index (χ0n) is 11.0. The van der Waals surface area contributed by atoms with Gasteiger partial charge in [0.25, 0.3) is 0 Å². The predicted molar refractivity (Wildman–Crippen MR) is 71.9 cm³/mol. The van der Waals surface area contributed by atoms with E-state index in [2.05, 4.69) is 11.2 Å². The molecule has 1 aromatic carbocycles. The summed E-state index contributed by atoms with van der Waals surface area (Å²) >= 11 is 0. The second kappa shape index (κ2) is 5.05. The number of aromatic nitrogens is 2. The first-order valence-corrected chi connectivity index (χ1v) is 6.63. The summed E-state index contributed by atoms with van der Waals surface area (Å²) in [6.07, 6.45) is 6.35. The molecule has 1 aliphatic carbocycles. The topological polar surface area (TPSA) is 47.3 Å². The minimum atomic E-state index is -0.342. The fraction of sp³-hybridized carbons (Fsp3) is 0.400. The van der Waals surface area contributed by atoms with Crippen LogP contribution in [-0.4, -0.2) is 14.9 Å². The van der Waals surface area contributed by atoms with Gasteiger partial charge >= 0.3 is 0 Å². The van der Waals surface area contributed by atoms with Crippen molar-refractivity contribution >= 4 is 0 Å². The van der Waals surface area contributed by atoms with Crippen molar-refractivity contribution in [2.75, 3.05) is 0 Å². The maximum absolute atomic E-state index is 10.0. The highest BCUT2D eigenvalue weighted by atomic mass is 16.5. The standard InChI is InChI=1S/C15H18N2O2/c1-17-9-11(8-16-17)10-19-13-6-5-12-3-2-4-15(18)14(12)7-13/h5-9,15,18H,2-4,10H2,1H3/t15-/m1/s1. The molecule has 0 unspecified atom stereocenters. The van der Waals surface area contributed by atoms with Crippen LogP contribution in [0.1, 0.15) is 35.6 Å². The van der Waals surface area contributed by atoms with Crippen molar-refractivity contribution in [2.24, 2.45) is 7.05 Å².